The molecule has 1 rings (SSSR count). The lowest BCUT2D eigenvalue weighted by atomic mass is 10.2. The number of benzene rings is 1. The Labute approximate surface area is 99.4 Å². The number of rotatable bonds is 3. The van der Waals surface area contributed by atoms with Gasteiger partial charge in [0.15, 0.2) is 0 Å². The van der Waals surface area contributed by atoms with E-state index in [1.807, 2.05) is 0 Å². The van der Waals surface area contributed by atoms with Gasteiger partial charge in [-0.05, 0) is 25.5 Å². The van der Waals surface area contributed by atoms with E-state index in [9.17, 15) is 0 Å². The minimum atomic E-state index is 0.339. The quantitative estimate of drug-likeness (QED) is 0.810. The van der Waals surface area contributed by atoms with E-state index in [0.29, 0.717) is 21.1 Å². The summed E-state index contributed by atoms with van der Waals surface area (Å²) in [5, 5.41) is 4.90. The molecule has 0 saturated carbocycles. The highest BCUT2D eigenvalue weighted by molar-refractivity contribution is 6.41. The molecule has 0 bridgehead atoms. The number of halogens is 3. The van der Waals surface area contributed by atoms with Crippen molar-refractivity contribution in [2.45, 2.75) is 26.3 Å². The predicted octanol–water partition coefficient (Wildman–Crippen LogP) is 4.86. The van der Waals surface area contributed by atoms with Crippen LogP contribution in [-0.2, 0) is 0 Å². The van der Waals surface area contributed by atoms with Crippen molar-refractivity contribution in [1.29, 1.82) is 0 Å². The molecular weight excluding hydrogens is 240 g/mol. The van der Waals surface area contributed by atoms with Crippen molar-refractivity contribution in [3.63, 3.8) is 0 Å². The highest BCUT2D eigenvalue weighted by Gasteiger charge is 2.09. The molecule has 1 nitrogen and oxygen atoms in total. The molecule has 0 aromatic heterocycles. The van der Waals surface area contributed by atoms with Crippen LogP contribution < -0.4 is 5.32 Å². The summed E-state index contributed by atoms with van der Waals surface area (Å²) < 4.78 is 0. The van der Waals surface area contributed by atoms with Crippen molar-refractivity contribution in [3.05, 3.63) is 27.2 Å². The second-order valence-electron chi connectivity index (χ2n) is 3.20. The zero-order valence-corrected chi connectivity index (χ0v) is 10.3. The summed E-state index contributed by atoms with van der Waals surface area (Å²) in [6, 6.07) is 3.70. The first-order chi connectivity index (χ1) is 6.54. The van der Waals surface area contributed by atoms with Gasteiger partial charge in [-0.25, -0.2) is 0 Å². The highest BCUT2D eigenvalue weighted by atomic mass is 35.5. The first kappa shape index (κ1) is 12.0. The Morgan fingerprint density at radius 2 is 1.71 bits per heavy atom. The van der Waals surface area contributed by atoms with Crippen molar-refractivity contribution in [2.24, 2.45) is 0 Å². The Kier molecular flexibility index (Phi) is 4.36. The normalized spacial score (nSPS) is 12.6. The van der Waals surface area contributed by atoms with E-state index in [4.69, 9.17) is 34.8 Å². The van der Waals surface area contributed by atoms with Gasteiger partial charge in [-0.15, -0.1) is 0 Å². The average molecular weight is 253 g/mol. The fourth-order valence-electron chi connectivity index (χ4n) is 1.03. The Morgan fingerprint density at radius 3 is 2.14 bits per heavy atom. The van der Waals surface area contributed by atoms with Gasteiger partial charge in [-0.3, -0.25) is 0 Å². The lowest BCUT2D eigenvalue weighted by Crippen LogP contribution is -2.13. The number of hydrogen-bond donors (Lipinski definition) is 1. The average Bonchev–Trinajstić information content (AvgIpc) is 2.10. The van der Waals surface area contributed by atoms with Crippen molar-refractivity contribution in [1.82, 2.24) is 0 Å². The molecule has 78 valence electrons. The third-order valence-electron chi connectivity index (χ3n) is 2.01. The zero-order chi connectivity index (χ0) is 10.7. The fourth-order valence-corrected chi connectivity index (χ4v) is 1.95. The van der Waals surface area contributed by atoms with Gasteiger partial charge in [0.2, 0.25) is 0 Å². The molecule has 0 spiro atoms. The number of anilines is 1. The number of nitrogens with one attached hydrogen (secondary N) is 1. The Hall–Kier alpha value is -0.110. The van der Waals surface area contributed by atoms with E-state index in [1.165, 1.54) is 0 Å². The standard InChI is InChI=1S/C10H12Cl3N/c1-3-6(2)14-10-8(12)4-7(11)5-9(10)13/h4-6,14H,3H2,1-2H3. The fraction of sp³-hybridized carbons (Fsp3) is 0.400. The maximum atomic E-state index is 6.00. The van der Waals surface area contributed by atoms with Crippen LogP contribution in [0.25, 0.3) is 0 Å². The second kappa shape index (κ2) is 5.11. The van der Waals surface area contributed by atoms with Gasteiger partial charge < -0.3 is 5.32 Å². The minimum Gasteiger partial charge on any atom is -0.380 e. The first-order valence-corrected chi connectivity index (χ1v) is 5.59. The summed E-state index contributed by atoms with van der Waals surface area (Å²) in [5.41, 5.74) is 0.757. The van der Waals surface area contributed by atoms with E-state index in [1.54, 1.807) is 12.1 Å². The predicted molar refractivity (Wildman–Crippen MR) is 64.8 cm³/mol. The molecule has 0 fully saturated rings. The van der Waals surface area contributed by atoms with Gasteiger partial charge in [-0.2, -0.15) is 0 Å². The van der Waals surface area contributed by atoms with Crippen LogP contribution in [0.5, 0.6) is 0 Å². The van der Waals surface area contributed by atoms with Crippen LogP contribution in [0.15, 0.2) is 12.1 Å². The summed E-state index contributed by atoms with van der Waals surface area (Å²) in [4.78, 5) is 0. The van der Waals surface area contributed by atoms with Crippen LogP contribution in [0.3, 0.4) is 0 Å². The zero-order valence-electron chi connectivity index (χ0n) is 8.07. The molecule has 14 heavy (non-hydrogen) atoms. The molecule has 1 unspecified atom stereocenters. The Morgan fingerprint density at radius 1 is 1.21 bits per heavy atom. The van der Waals surface area contributed by atoms with E-state index in [2.05, 4.69) is 19.2 Å². The lowest BCUT2D eigenvalue weighted by Gasteiger charge is -2.15. The SMILES string of the molecule is CCC(C)Nc1c(Cl)cc(Cl)cc1Cl. The van der Waals surface area contributed by atoms with E-state index in [-0.39, 0.29) is 0 Å². The van der Waals surface area contributed by atoms with Crippen LogP contribution in [0, 0.1) is 0 Å². The summed E-state index contributed by atoms with van der Waals surface area (Å²) in [5.74, 6) is 0. The molecule has 0 aliphatic carbocycles. The second-order valence-corrected chi connectivity index (χ2v) is 4.45. The van der Waals surface area contributed by atoms with Crippen molar-refractivity contribution in [2.75, 3.05) is 5.32 Å². The smallest absolute Gasteiger partial charge is 0.0722 e. The molecule has 0 radical (unpaired) electrons. The van der Waals surface area contributed by atoms with E-state index < -0.39 is 0 Å². The lowest BCUT2D eigenvalue weighted by molar-refractivity contribution is 0.764. The molecule has 0 heterocycles. The third kappa shape index (κ3) is 2.94. The van der Waals surface area contributed by atoms with Crippen molar-refractivity contribution in [3.8, 4) is 0 Å². The molecule has 1 aromatic carbocycles. The molecule has 4 heteroatoms. The largest absolute Gasteiger partial charge is 0.380 e. The Balaban J connectivity index is 2.96. The minimum absolute atomic E-state index is 0.339. The van der Waals surface area contributed by atoms with Crippen LogP contribution in [0.1, 0.15) is 20.3 Å². The third-order valence-corrected chi connectivity index (χ3v) is 2.82. The van der Waals surface area contributed by atoms with Gasteiger partial charge in [0.05, 0.1) is 15.7 Å². The van der Waals surface area contributed by atoms with E-state index in [0.717, 1.165) is 12.1 Å². The monoisotopic (exact) mass is 251 g/mol. The molecule has 0 aliphatic rings. The highest BCUT2D eigenvalue weighted by Crippen LogP contribution is 2.34. The topological polar surface area (TPSA) is 12.0 Å². The maximum absolute atomic E-state index is 6.00. The summed E-state index contributed by atoms with van der Waals surface area (Å²) in [6.07, 6.45) is 1.01. The van der Waals surface area contributed by atoms with Gasteiger partial charge in [0, 0.05) is 11.1 Å². The number of hydrogen-bond acceptors (Lipinski definition) is 1. The van der Waals surface area contributed by atoms with Crippen LogP contribution >= 0.6 is 34.8 Å². The van der Waals surface area contributed by atoms with E-state index >= 15 is 0 Å². The molecule has 0 amide bonds. The van der Waals surface area contributed by atoms with Crippen LogP contribution in [0.4, 0.5) is 5.69 Å². The van der Waals surface area contributed by atoms with Crippen LogP contribution in [0.2, 0.25) is 15.1 Å². The van der Waals surface area contributed by atoms with Gasteiger partial charge >= 0.3 is 0 Å². The van der Waals surface area contributed by atoms with Gasteiger partial charge in [-0.1, -0.05) is 41.7 Å². The Bertz CT molecular complexity index is 302. The van der Waals surface area contributed by atoms with Gasteiger partial charge in [0.1, 0.15) is 0 Å². The first-order valence-electron chi connectivity index (χ1n) is 4.45. The van der Waals surface area contributed by atoms with Crippen LogP contribution in [-0.4, -0.2) is 6.04 Å². The van der Waals surface area contributed by atoms with Crippen molar-refractivity contribution >= 4 is 40.5 Å². The summed E-state index contributed by atoms with van der Waals surface area (Å²) in [7, 11) is 0. The van der Waals surface area contributed by atoms with Gasteiger partial charge in [0.25, 0.3) is 0 Å². The molecule has 0 saturated heterocycles. The molecule has 0 aliphatic heterocycles. The maximum Gasteiger partial charge on any atom is 0.0722 e. The molecule has 1 N–H and O–H groups in total. The summed E-state index contributed by atoms with van der Waals surface area (Å²) >= 11 is 17.8. The molecule has 1 atom stereocenters. The molecular formula is C10H12Cl3N. The van der Waals surface area contributed by atoms with Crippen molar-refractivity contribution < 1.29 is 0 Å². The summed E-state index contributed by atoms with van der Waals surface area (Å²) in [6.45, 7) is 4.16. The molecule has 1 aromatic rings.